The molecular formula is C25H36N4OS. The quantitative estimate of drug-likeness (QED) is 0.519. The zero-order chi connectivity index (χ0) is 21.5. The predicted molar refractivity (Wildman–Crippen MR) is 132 cm³/mol. The van der Waals surface area contributed by atoms with Gasteiger partial charge >= 0.3 is 0 Å². The van der Waals surface area contributed by atoms with Gasteiger partial charge in [0, 0.05) is 44.3 Å². The van der Waals surface area contributed by atoms with Crippen molar-refractivity contribution in [1.82, 2.24) is 10.6 Å². The molecule has 31 heavy (non-hydrogen) atoms. The average Bonchev–Trinajstić information content (AvgIpc) is 3.34. The maximum absolute atomic E-state index is 5.72. The fraction of sp³-hybridized carbons (Fsp3) is 0.560. The van der Waals surface area contributed by atoms with Gasteiger partial charge in [-0.1, -0.05) is 24.3 Å². The summed E-state index contributed by atoms with van der Waals surface area (Å²) in [5.41, 5.74) is 2.86. The van der Waals surface area contributed by atoms with Gasteiger partial charge in [-0.2, -0.15) is 0 Å². The van der Waals surface area contributed by atoms with Crippen LogP contribution >= 0.6 is 11.3 Å². The number of nitrogens with one attached hydrogen (secondary N) is 2. The molecule has 2 aliphatic heterocycles. The first-order valence-corrected chi connectivity index (χ1v) is 12.6. The fourth-order valence-electron chi connectivity index (χ4n) is 4.88. The van der Waals surface area contributed by atoms with Gasteiger partial charge in [-0.25, -0.2) is 0 Å². The number of guanidine groups is 1. The molecule has 0 unspecified atom stereocenters. The van der Waals surface area contributed by atoms with Gasteiger partial charge in [0.25, 0.3) is 0 Å². The van der Waals surface area contributed by atoms with E-state index in [1.165, 1.54) is 16.1 Å². The van der Waals surface area contributed by atoms with Crippen LogP contribution in [0.15, 0.2) is 46.8 Å². The Balaban J connectivity index is 1.43. The van der Waals surface area contributed by atoms with Crippen LogP contribution in [0, 0.1) is 6.92 Å². The first-order valence-electron chi connectivity index (χ1n) is 11.7. The Bertz CT molecular complexity index is 837. The van der Waals surface area contributed by atoms with Crippen LogP contribution < -0.4 is 15.5 Å². The predicted octanol–water partition coefficient (Wildman–Crippen LogP) is 4.33. The Kier molecular flexibility index (Phi) is 7.51. The fourth-order valence-corrected chi connectivity index (χ4v) is 5.67. The van der Waals surface area contributed by atoms with E-state index in [2.05, 4.69) is 71.2 Å². The molecular weight excluding hydrogens is 404 g/mol. The minimum atomic E-state index is 0.0640. The van der Waals surface area contributed by atoms with Crippen molar-refractivity contribution >= 4 is 22.3 Å². The maximum atomic E-state index is 5.72. The van der Waals surface area contributed by atoms with Crippen LogP contribution in [0.5, 0.6) is 0 Å². The molecule has 2 aromatic rings. The SMILES string of the molecule is CCNC(=NCC1(c2ccccc2C)CCOCC1)NC1CCN(c2cccs2)CC1. The van der Waals surface area contributed by atoms with Gasteiger partial charge in [0.15, 0.2) is 5.96 Å². The summed E-state index contributed by atoms with van der Waals surface area (Å²) in [7, 11) is 0. The third-order valence-electron chi connectivity index (χ3n) is 6.70. The molecule has 2 fully saturated rings. The molecule has 2 N–H and O–H groups in total. The van der Waals surface area contributed by atoms with Crippen molar-refractivity contribution in [2.45, 2.75) is 51.0 Å². The number of piperidine rings is 1. The Morgan fingerprint density at radius 1 is 1.16 bits per heavy atom. The number of benzene rings is 1. The van der Waals surface area contributed by atoms with Crippen LogP contribution in [0.2, 0.25) is 0 Å². The molecule has 0 atom stereocenters. The molecule has 0 amide bonds. The molecule has 2 saturated heterocycles. The van der Waals surface area contributed by atoms with E-state index < -0.39 is 0 Å². The van der Waals surface area contributed by atoms with E-state index in [9.17, 15) is 0 Å². The maximum Gasteiger partial charge on any atom is 0.191 e. The van der Waals surface area contributed by atoms with E-state index in [0.717, 1.165) is 71.0 Å². The Morgan fingerprint density at radius 2 is 1.94 bits per heavy atom. The van der Waals surface area contributed by atoms with Crippen molar-refractivity contribution in [3.63, 3.8) is 0 Å². The van der Waals surface area contributed by atoms with E-state index in [1.54, 1.807) is 0 Å². The third-order valence-corrected chi connectivity index (χ3v) is 7.63. The monoisotopic (exact) mass is 440 g/mol. The van der Waals surface area contributed by atoms with E-state index in [4.69, 9.17) is 9.73 Å². The van der Waals surface area contributed by atoms with Crippen molar-refractivity contribution in [2.24, 2.45) is 4.99 Å². The van der Waals surface area contributed by atoms with Gasteiger partial charge < -0.3 is 20.3 Å². The zero-order valence-corrected chi connectivity index (χ0v) is 19.7. The van der Waals surface area contributed by atoms with E-state index in [-0.39, 0.29) is 5.41 Å². The Hall–Kier alpha value is -2.05. The number of ether oxygens (including phenoxy) is 1. The summed E-state index contributed by atoms with van der Waals surface area (Å²) < 4.78 is 5.72. The zero-order valence-electron chi connectivity index (χ0n) is 18.9. The van der Waals surface area contributed by atoms with Gasteiger partial charge in [0.05, 0.1) is 11.5 Å². The minimum Gasteiger partial charge on any atom is -0.381 e. The molecule has 5 nitrogen and oxygen atoms in total. The molecule has 3 heterocycles. The highest BCUT2D eigenvalue weighted by molar-refractivity contribution is 7.14. The van der Waals surface area contributed by atoms with Gasteiger partial charge in [0.1, 0.15) is 0 Å². The van der Waals surface area contributed by atoms with Crippen LogP contribution in [0.3, 0.4) is 0 Å². The molecule has 6 heteroatoms. The van der Waals surface area contributed by atoms with Crippen molar-refractivity contribution < 1.29 is 4.74 Å². The summed E-state index contributed by atoms with van der Waals surface area (Å²) in [6, 6.07) is 13.6. The summed E-state index contributed by atoms with van der Waals surface area (Å²) in [5.74, 6) is 0.955. The summed E-state index contributed by atoms with van der Waals surface area (Å²) in [6.07, 6.45) is 4.33. The molecule has 0 bridgehead atoms. The number of hydrogen-bond donors (Lipinski definition) is 2. The van der Waals surface area contributed by atoms with Crippen LogP contribution in [0.1, 0.15) is 43.7 Å². The molecule has 0 radical (unpaired) electrons. The highest BCUT2D eigenvalue weighted by Gasteiger charge is 2.35. The van der Waals surface area contributed by atoms with Crippen molar-refractivity contribution in [2.75, 3.05) is 44.3 Å². The second-order valence-corrected chi connectivity index (χ2v) is 9.69. The normalized spacial score (nSPS) is 19.9. The van der Waals surface area contributed by atoms with Gasteiger partial charge in [-0.15, -0.1) is 11.3 Å². The minimum absolute atomic E-state index is 0.0640. The lowest BCUT2D eigenvalue weighted by molar-refractivity contribution is 0.0529. The van der Waals surface area contributed by atoms with E-state index >= 15 is 0 Å². The molecule has 168 valence electrons. The second-order valence-electron chi connectivity index (χ2n) is 8.76. The Labute approximate surface area is 190 Å². The summed E-state index contributed by atoms with van der Waals surface area (Å²) in [5, 5.41) is 10.8. The third kappa shape index (κ3) is 5.42. The molecule has 0 spiro atoms. The molecule has 0 saturated carbocycles. The first kappa shape index (κ1) is 22.2. The van der Waals surface area contributed by atoms with Gasteiger partial charge in [0.2, 0.25) is 0 Å². The summed E-state index contributed by atoms with van der Waals surface area (Å²) in [6.45, 7) is 9.86. The van der Waals surface area contributed by atoms with Crippen LogP contribution in [0.25, 0.3) is 0 Å². The Morgan fingerprint density at radius 3 is 2.61 bits per heavy atom. The van der Waals surface area contributed by atoms with Crippen LogP contribution in [0.4, 0.5) is 5.00 Å². The number of aliphatic imine (C=N–C) groups is 1. The number of anilines is 1. The lowest BCUT2D eigenvalue weighted by Crippen LogP contribution is -2.49. The number of rotatable bonds is 6. The standard InChI is InChI=1S/C25H36N4OS/c1-3-26-24(28-21-10-14-29(15-11-21)23-9-6-18-31-23)27-19-25(12-16-30-17-13-25)22-8-5-4-7-20(22)2/h4-9,18,21H,3,10-17,19H2,1-2H3,(H2,26,27,28). The van der Waals surface area contributed by atoms with Crippen LogP contribution in [-0.4, -0.2) is 51.4 Å². The van der Waals surface area contributed by atoms with Gasteiger partial charge in [-0.3, -0.25) is 4.99 Å². The first-order chi connectivity index (χ1) is 15.2. The lowest BCUT2D eigenvalue weighted by Gasteiger charge is -2.38. The number of aryl methyl sites for hydroxylation is 1. The topological polar surface area (TPSA) is 48.9 Å². The smallest absolute Gasteiger partial charge is 0.191 e. The van der Waals surface area contributed by atoms with Crippen molar-refractivity contribution in [1.29, 1.82) is 0 Å². The van der Waals surface area contributed by atoms with Gasteiger partial charge in [-0.05, 0) is 68.2 Å². The lowest BCUT2D eigenvalue weighted by atomic mass is 9.72. The molecule has 4 rings (SSSR count). The largest absolute Gasteiger partial charge is 0.381 e. The summed E-state index contributed by atoms with van der Waals surface area (Å²) >= 11 is 1.83. The van der Waals surface area contributed by atoms with Crippen LogP contribution in [-0.2, 0) is 10.2 Å². The van der Waals surface area contributed by atoms with E-state index in [1.807, 2.05) is 11.3 Å². The highest BCUT2D eigenvalue weighted by Crippen LogP contribution is 2.37. The van der Waals surface area contributed by atoms with E-state index in [0.29, 0.717) is 6.04 Å². The average molecular weight is 441 g/mol. The molecule has 2 aliphatic rings. The molecule has 0 aliphatic carbocycles. The van der Waals surface area contributed by atoms with Crippen molar-refractivity contribution in [3.05, 3.63) is 52.9 Å². The number of nitrogens with zero attached hydrogens (tertiary/aromatic N) is 2. The number of hydrogen-bond acceptors (Lipinski definition) is 4. The molecule has 1 aromatic heterocycles. The highest BCUT2D eigenvalue weighted by atomic mass is 32.1. The summed E-state index contributed by atoms with van der Waals surface area (Å²) in [4.78, 5) is 7.62. The van der Waals surface area contributed by atoms with Crippen molar-refractivity contribution in [3.8, 4) is 0 Å². The molecule has 1 aromatic carbocycles. The number of thiophene rings is 1. The second kappa shape index (κ2) is 10.5.